The van der Waals surface area contributed by atoms with Crippen molar-refractivity contribution in [2.24, 2.45) is 0 Å². The number of aromatic nitrogens is 2. The van der Waals surface area contributed by atoms with Crippen LogP contribution in [-0.2, 0) is 36.8 Å². The summed E-state index contributed by atoms with van der Waals surface area (Å²) in [5, 5.41) is 23.9. The molecule has 2 aromatic rings. The fourth-order valence-corrected chi connectivity index (χ4v) is 7.85. The standard InChI is InChI=1S/C27H31N3O15P3/c1-26(2)14-20(27(3,4)30(26)34)12-10-18-7-5-17(6-8-18)9-11-19-15-29(25(33)28-24(19)32)23-13-21(31)22(43-23)16-42-47(38,39)45-48(40,41)44-46(35,36)37/h5-8,14-15,21-23,31H,13,16H2,1-4H3,(H,38,39)(H,40,41)(H,28,32,33)(H2,35,36,37)/t21-,22+,23+/m0/s1. The summed E-state index contributed by atoms with van der Waals surface area (Å²) in [6.07, 6.45) is -1.39. The van der Waals surface area contributed by atoms with Crippen molar-refractivity contribution >= 4 is 23.5 Å². The van der Waals surface area contributed by atoms with Crippen molar-refractivity contribution in [1.29, 1.82) is 0 Å². The normalized spacial score (nSPS) is 24.4. The minimum atomic E-state index is -5.75. The van der Waals surface area contributed by atoms with E-state index in [1.807, 2.05) is 19.9 Å². The lowest BCUT2D eigenvalue weighted by atomic mass is 9.97. The predicted molar refractivity (Wildman–Crippen MR) is 164 cm³/mol. The molecule has 1 aromatic heterocycles. The van der Waals surface area contributed by atoms with E-state index >= 15 is 0 Å². The summed E-state index contributed by atoms with van der Waals surface area (Å²) in [6, 6.07) is 6.75. The molecule has 3 heterocycles. The molecule has 1 saturated heterocycles. The zero-order chi connectivity index (χ0) is 35.9. The first kappa shape index (κ1) is 37.8. The highest BCUT2D eigenvalue weighted by Gasteiger charge is 2.46. The lowest BCUT2D eigenvalue weighted by Crippen LogP contribution is -2.46. The smallest absolute Gasteiger partial charge is 0.390 e. The Labute approximate surface area is 273 Å². The lowest BCUT2D eigenvalue weighted by molar-refractivity contribution is -0.237. The van der Waals surface area contributed by atoms with Crippen molar-refractivity contribution < 1.29 is 61.5 Å². The highest BCUT2D eigenvalue weighted by Crippen LogP contribution is 2.66. The van der Waals surface area contributed by atoms with Crippen molar-refractivity contribution in [3.8, 4) is 23.7 Å². The van der Waals surface area contributed by atoms with Gasteiger partial charge in [0.2, 0.25) is 0 Å². The van der Waals surface area contributed by atoms with E-state index < -0.39 is 70.8 Å². The number of rotatable bonds is 8. The van der Waals surface area contributed by atoms with Crippen LogP contribution in [0, 0.1) is 23.7 Å². The number of phosphoric ester groups is 1. The Kier molecular flexibility index (Phi) is 10.8. The molecule has 259 valence electrons. The van der Waals surface area contributed by atoms with Crippen LogP contribution in [0.2, 0.25) is 0 Å². The minimum Gasteiger partial charge on any atom is -0.390 e. The average Bonchev–Trinajstić information content (AvgIpc) is 3.38. The van der Waals surface area contributed by atoms with Gasteiger partial charge in [-0.2, -0.15) is 8.62 Å². The molecule has 0 spiro atoms. The zero-order valence-electron chi connectivity index (χ0n) is 25.7. The molecular formula is C27H31N3O15P3. The number of H-pyrrole nitrogens is 1. The Hall–Kier alpha value is -2.99. The SMILES string of the molecule is CC1(C)C=C(C#Cc2ccc(C#Cc3cn([C@H]4C[C@H](O)[C@@H](COP(=O)(O)OP(=O)(O)OP(=O)(O)O)O4)c(=O)[nH]c3=O)cc2)C(C)(C)N1[O]. The number of hydroxylamine groups is 2. The Balaban J connectivity index is 1.44. The van der Waals surface area contributed by atoms with Gasteiger partial charge in [-0.15, -0.1) is 10.3 Å². The van der Waals surface area contributed by atoms with Gasteiger partial charge in [0, 0.05) is 29.3 Å². The number of hydrogen-bond acceptors (Lipinski definition) is 11. The third-order valence-corrected chi connectivity index (χ3v) is 10.9. The van der Waals surface area contributed by atoms with Crippen LogP contribution in [-0.4, -0.2) is 69.2 Å². The number of phosphoric acid groups is 3. The van der Waals surface area contributed by atoms with Gasteiger partial charge in [0.05, 0.1) is 23.8 Å². The maximum absolute atomic E-state index is 12.6. The van der Waals surface area contributed by atoms with Crippen molar-refractivity contribution in [3.05, 3.63) is 79.6 Å². The lowest BCUT2D eigenvalue weighted by Gasteiger charge is -2.32. The summed E-state index contributed by atoms with van der Waals surface area (Å²) in [5.74, 6) is 11.6. The van der Waals surface area contributed by atoms with E-state index in [9.17, 15) is 43.4 Å². The van der Waals surface area contributed by atoms with Gasteiger partial charge < -0.3 is 29.4 Å². The second-order valence-electron chi connectivity index (χ2n) is 11.7. The summed E-state index contributed by atoms with van der Waals surface area (Å²) in [6.45, 7) is 6.28. The first-order valence-corrected chi connectivity index (χ1v) is 18.3. The van der Waals surface area contributed by atoms with Gasteiger partial charge >= 0.3 is 29.2 Å². The highest BCUT2D eigenvalue weighted by atomic mass is 31.3. The summed E-state index contributed by atoms with van der Waals surface area (Å²) < 4.78 is 52.4. The number of ether oxygens (including phenoxy) is 1. The maximum Gasteiger partial charge on any atom is 0.490 e. The number of nitrogens with zero attached hydrogens (tertiary/aromatic N) is 2. The first-order chi connectivity index (χ1) is 22.0. The number of aliphatic hydroxyl groups excluding tert-OH is 1. The molecule has 48 heavy (non-hydrogen) atoms. The van der Waals surface area contributed by atoms with Gasteiger partial charge in [-0.1, -0.05) is 23.7 Å². The summed E-state index contributed by atoms with van der Waals surface area (Å²) >= 11 is 0. The molecule has 0 aliphatic carbocycles. The van der Waals surface area contributed by atoms with Gasteiger partial charge in [0.25, 0.3) is 5.56 Å². The molecule has 0 bridgehead atoms. The van der Waals surface area contributed by atoms with Crippen LogP contribution < -0.4 is 11.2 Å². The van der Waals surface area contributed by atoms with Gasteiger partial charge in [0.15, 0.2) is 0 Å². The molecule has 2 aliphatic heterocycles. The molecule has 0 amide bonds. The maximum atomic E-state index is 12.6. The minimum absolute atomic E-state index is 0.145. The van der Waals surface area contributed by atoms with Crippen LogP contribution in [0.5, 0.6) is 0 Å². The summed E-state index contributed by atoms with van der Waals surface area (Å²) in [7, 11) is -16.8. The largest absolute Gasteiger partial charge is 0.490 e. The van der Waals surface area contributed by atoms with E-state index in [1.165, 1.54) is 0 Å². The molecule has 1 radical (unpaired) electrons. The average molecular weight is 730 g/mol. The Morgan fingerprint density at radius 3 is 2.06 bits per heavy atom. The molecule has 6 N–H and O–H groups in total. The molecule has 0 saturated carbocycles. The van der Waals surface area contributed by atoms with E-state index in [-0.39, 0.29) is 12.0 Å². The molecule has 1 aromatic carbocycles. The number of aliphatic hydroxyl groups is 1. The molecule has 2 aliphatic rings. The Morgan fingerprint density at radius 1 is 0.938 bits per heavy atom. The van der Waals surface area contributed by atoms with Crippen LogP contribution in [0.25, 0.3) is 0 Å². The monoisotopic (exact) mass is 730 g/mol. The zero-order valence-corrected chi connectivity index (χ0v) is 28.3. The molecular weight excluding hydrogens is 699 g/mol. The topological polar surface area (TPSA) is 267 Å². The summed E-state index contributed by atoms with van der Waals surface area (Å²) in [5.41, 5.74) is -1.48. The van der Waals surface area contributed by atoms with Gasteiger partial charge in [-0.25, -0.2) is 18.5 Å². The van der Waals surface area contributed by atoms with Gasteiger partial charge in [-0.05, 0) is 58.0 Å². The van der Waals surface area contributed by atoms with Crippen LogP contribution in [0.1, 0.15) is 57.0 Å². The van der Waals surface area contributed by atoms with Crippen LogP contribution >= 0.6 is 23.5 Å². The van der Waals surface area contributed by atoms with Crippen LogP contribution in [0.4, 0.5) is 0 Å². The van der Waals surface area contributed by atoms with E-state index in [2.05, 4.69) is 41.8 Å². The van der Waals surface area contributed by atoms with Crippen molar-refractivity contribution in [3.63, 3.8) is 0 Å². The fourth-order valence-electron chi connectivity index (χ4n) is 4.82. The number of nitrogens with one attached hydrogen (secondary N) is 1. The molecule has 5 atom stereocenters. The molecule has 2 unspecified atom stereocenters. The van der Waals surface area contributed by atoms with Crippen molar-refractivity contribution in [2.75, 3.05) is 6.61 Å². The Morgan fingerprint density at radius 2 is 1.52 bits per heavy atom. The van der Waals surface area contributed by atoms with E-state index in [4.69, 9.17) is 14.5 Å². The quantitative estimate of drug-likeness (QED) is 0.166. The van der Waals surface area contributed by atoms with E-state index in [1.54, 1.807) is 38.1 Å². The third-order valence-electron chi connectivity index (χ3n) is 7.06. The molecule has 21 heteroatoms. The van der Waals surface area contributed by atoms with E-state index in [0.717, 1.165) is 15.8 Å². The van der Waals surface area contributed by atoms with Crippen LogP contribution in [0.3, 0.4) is 0 Å². The van der Waals surface area contributed by atoms with Crippen molar-refractivity contribution in [2.45, 2.75) is 63.6 Å². The molecule has 1 fully saturated rings. The van der Waals surface area contributed by atoms with Crippen molar-refractivity contribution in [1.82, 2.24) is 14.6 Å². The van der Waals surface area contributed by atoms with Crippen LogP contribution in [0.15, 0.2) is 51.7 Å². The van der Waals surface area contributed by atoms with Gasteiger partial charge in [-0.3, -0.25) is 18.9 Å². The summed E-state index contributed by atoms with van der Waals surface area (Å²) in [4.78, 5) is 63.2. The second kappa shape index (κ2) is 13.7. The fraction of sp³-hybridized carbons (Fsp3) is 0.407. The number of aromatic amines is 1. The van der Waals surface area contributed by atoms with E-state index in [0.29, 0.717) is 16.7 Å². The third kappa shape index (κ3) is 9.37. The number of hydrogen-bond donors (Lipinski definition) is 6. The predicted octanol–water partition coefficient (Wildman–Crippen LogP) is 1.42. The second-order valence-corrected chi connectivity index (χ2v) is 16.1. The molecule has 4 rings (SSSR count). The molecule has 18 nitrogen and oxygen atoms in total. The highest BCUT2D eigenvalue weighted by molar-refractivity contribution is 7.66. The first-order valence-electron chi connectivity index (χ1n) is 13.8. The Bertz CT molecular complexity index is 1990. The van der Waals surface area contributed by atoms with Gasteiger partial charge in [0.1, 0.15) is 17.9 Å². The number of benzene rings is 1.